The third kappa shape index (κ3) is 3.77. The number of rotatable bonds is 4. The van der Waals surface area contributed by atoms with E-state index in [0.29, 0.717) is 13.1 Å². The second kappa shape index (κ2) is 5.63. The van der Waals surface area contributed by atoms with Crippen molar-refractivity contribution in [2.24, 2.45) is 5.73 Å². The summed E-state index contributed by atoms with van der Waals surface area (Å²) < 4.78 is 1.05. The van der Waals surface area contributed by atoms with E-state index in [1.807, 2.05) is 12.1 Å². The monoisotopic (exact) mass is 306 g/mol. The molecule has 1 rings (SSSR count). The minimum atomic E-state index is -0.512. The van der Waals surface area contributed by atoms with Crippen molar-refractivity contribution in [3.63, 3.8) is 0 Å². The predicted octanol–water partition coefficient (Wildman–Crippen LogP) is 0.766. The molecule has 0 aliphatic rings. The molecule has 0 unspecified atom stereocenters. The second-order valence-electron chi connectivity index (χ2n) is 2.55. The fraction of sp³-hybridized carbons (Fsp3) is 0.250. The number of carbonyl (C=O) groups is 1. The topological polar surface area (TPSA) is 80.0 Å². The molecule has 0 fully saturated rings. The van der Waals surface area contributed by atoms with E-state index in [-0.39, 0.29) is 0 Å². The summed E-state index contributed by atoms with van der Waals surface area (Å²) in [5.74, 6) is 0.819. The lowest BCUT2D eigenvalue weighted by Gasteiger charge is -2.06. The molecule has 0 aromatic carbocycles. The fourth-order valence-corrected chi connectivity index (χ4v) is 1.42. The van der Waals surface area contributed by atoms with Crippen molar-refractivity contribution in [3.05, 3.63) is 21.9 Å². The minimum absolute atomic E-state index is 0.488. The number of carbonyl (C=O) groups excluding carboxylic acids is 1. The first kappa shape index (κ1) is 11.0. The number of anilines is 1. The molecule has 76 valence electrons. The Morgan fingerprint density at radius 1 is 1.57 bits per heavy atom. The van der Waals surface area contributed by atoms with Crippen molar-refractivity contribution in [3.8, 4) is 0 Å². The molecular formula is C8H11IN4O. The molecule has 6 heteroatoms. The Labute approximate surface area is 95.6 Å². The Balaban J connectivity index is 2.31. The van der Waals surface area contributed by atoms with Crippen LogP contribution in [0.15, 0.2) is 18.3 Å². The van der Waals surface area contributed by atoms with Crippen molar-refractivity contribution in [1.29, 1.82) is 0 Å². The number of halogens is 1. The number of pyridine rings is 1. The molecule has 0 radical (unpaired) electrons. The number of hydrogen-bond donors (Lipinski definition) is 3. The van der Waals surface area contributed by atoms with Crippen molar-refractivity contribution >= 4 is 34.4 Å². The highest BCUT2D eigenvalue weighted by Gasteiger charge is 1.97. The predicted molar refractivity (Wildman–Crippen MR) is 63.0 cm³/mol. The number of nitrogens with two attached hydrogens (primary N) is 1. The van der Waals surface area contributed by atoms with Gasteiger partial charge in [0, 0.05) is 19.3 Å². The Morgan fingerprint density at radius 2 is 2.36 bits per heavy atom. The van der Waals surface area contributed by atoms with Gasteiger partial charge in [-0.3, -0.25) is 0 Å². The van der Waals surface area contributed by atoms with E-state index >= 15 is 0 Å². The zero-order valence-corrected chi connectivity index (χ0v) is 9.61. The quantitative estimate of drug-likeness (QED) is 0.568. The average molecular weight is 306 g/mol. The third-order valence-electron chi connectivity index (χ3n) is 1.48. The van der Waals surface area contributed by atoms with Crippen LogP contribution in [-0.2, 0) is 0 Å². The van der Waals surface area contributed by atoms with Crippen LogP contribution in [0.1, 0.15) is 0 Å². The maximum Gasteiger partial charge on any atom is 0.312 e. The highest BCUT2D eigenvalue weighted by molar-refractivity contribution is 14.1. The van der Waals surface area contributed by atoms with Crippen LogP contribution in [0.5, 0.6) is 0 Å². The van der Waals surface area contributed by atoms with Gasteiger partial charge in [0.1, 0.15) is 5.82 Å². The van der Waals surface area contributed by atoms with Gasteiger partial charge in [0.2, 0.25) is 0 Å². The Bertz CT molecular complexity index is 318. The van der Waals surface area contributed by atoms with Gasteiger partial charge in [-0.1, -0.05) is 0 Å². The van der Waals surface area contributed by atoms with E-state index in [2.05, 4.69) is 38.2 Å². The number of urea groups is 1. The van der Waals surface area contributed by atoms with Crippen LogP contribution in [0.25, 0.3) is 0 Å². The Kier molecular flexibility index (Phi) is 4.44. The van der Waals surface area contributed by atoms with Gasteiger partial charge < -0.3 is 16.4 Å². The van der Waals surface area contributed by atoms with Gasteiger partial charge in [-0.25, -0.2) is 9.78 Å². The van der Waals surface area contributed by atoms with Gasteiger partial charge >= 0.3 is 6.03 Å². The van der Waals surface area contributed by atoms with Gasteiger partial charge in [-0.15, -0.1) is 0 Å². The summed E-state index contributed by atoms with van der Waals surface area (Å²) in [7, 11) is 0. The molecule has 0 aliphatic heterocycles. The molecule has 2 amide bonds. The molecule has 5 nitrogen and oxygen atoms in total. The molecule has 0 saturated heterocycles. The lowest BCUT2D eigenvalue weighted by molar-refractivity contribution is 0.249. The Morgan fingerprint density at radius 3 is 3.00 bits per heavy atom. The standard InChI is InChI=1S/C8H11IN4O/c9-6-2-1-3-11-7(6)12-4-5-13-8(10)14/h1-3H,4-5H2,(H,11,12)(H3,10,13,14). The summed E-state index contributed by atoms with van der Waals surface area (Å²) in [5.41, 5.74) is 4.91. The molecule has 14 heavy (non-hydrogen) atoms. The van der Waals surface area contributed by atoms with E-state index in [0.717, 1.165) is 9.39 Å². The van der Waals surface area contributed by atoms with Gasteiger partial charge in [0.15, 0.2) is 0 Å². The van der Waals surface area contributed by atoms with Crippen molar-refractivity contribution < 1.29 is 4.79 Å². The van der Waals surface area contributed by atoms with Gasteiger partial charge in [-0.05, 0) is 34.7 Å². The van der Waals surface area contributed by atoms with Crippen molar-refractivity contribution in [2.75, 3.05) is 18.4 Å². The third-order valence-corrected chi connectivity index (χ3v) is 2.35. The van der Waals surface area contributed by atoms with E-state index in [1.54, 1.807) is 6.20 Å². The van der Waals surface area contributed by atoms with E-state index < -0.39 is 6.03 Å². The number of nitrogens with zero attached hydrogens (tertiary/aromatic N) is 1. The molecule has 0 spiro atoms. The first-order valence-corrected chi connectivity index (χ1v) is 5.15. The average Bonchev–Trinajstić information content (AvgIpc) is 2.15. The van der Waals surface area contributed by atoms with Gasteiger partial charge in [0.05, 0.1) is 3.57 Å². The number of nitrogens with one attached hydrogen (secondary N) is 2. The van der Waals surface area contributed by atoms with Crippen molar-refractivity contribution in [2.45, 2.75) is 0 Å². The van der Waals surface area contributed by atoms with Crippen LogP contribution in [0.4, 0.5) is 10.6 Å². The molecule has 4 N–H and O–H groups in total. The second-order valence-corrected chi connectivity index (χ2v) is 3.71. The molecule has 1 heterocycles. The first-order chi connectivity index (χ1) is 6.70. The summed E-state index contributed by atoms with van der Waals surface area (Å²) in [6.07, 6.45) is 1.71. The molecule has 0 atom stereocenters. The zero-order chi connectivity index (χ0) is 10.4. The van der Waals surface area contributed by atoms with E-state index in [9.17, 15) is 4.79 Å². The molecular weight excluding hydrogens is 295 g/mol. The van der Waals surface area contributed by atoms with Crippen LogP contribution in [0.2, 0.25) is 0 Å². The number of amides is 2. The maximum atomic E-state index is 10.3. The number of hydrogen-bond acceptors (Lipinski definition) is 3. The summed E-state index contributed by atoms with van der Waals surface area (Å²) in [6, 6.07) is 3.31. The SMILES string of the molecule is NC(=O)NCCNc1ncccc1I. The lowest BCUT2D eigenvalue weighted by Crippen LogP contribution is -2.33. The van der Waals surface area contributed by atoms with Crippen LogP contribution >= 0.6 is 22.6 Å². The van der Waals surface area contributed by atoms with E-state index in [4.69, 9.17) is 5.73 Å². The van der Waals surface area contributed by atoms with Crippen molar-refractivity contribution in [1.82, 2.24) is 10.3 Å². The van der Waals surface area contributed by atoms with Crippen LogP contribution in [0.3, 0.4) is 0 Å². The molecule has 0 bridgehead atoms. The molecule has 1 aromatic rings. The lowest BCUT2D eigenvalue weighted by atomic mass is 10.4. The Hall–Kier alpha value is -1.05. The summed E-state index contributed by atoms with van der Waals surface area (Å²) in [6.45, 7) is 1.10. The smallest absolute Gasteiger partial charge is 0.312 e. The molecule has 1 aromatic heterocycles. The highest BCUT2D eigenvalue weighted by atomic mass is 127. The number of aromatic nitrogens is 1. The fourth-order valence-electron chi connectivity index (χ4n) is 0.882. The first-order valence-electron chi connectivity index (χ1n) is 4.08. The maximum absolute atomic E-state index is 10.3. The summed E-state index contributed by atoms with van der Waals surface area (Å²) in [4.78, 5) is 14.5. The van der Waals surface area contributed by atoms with Crippen LogP contribution in [0, 0.1) is 3.57 Å². The highest BCUT2D eigenvalue weighted by Crippen LogP contribution is 2.12. The van der Waals surface area contributed by atoms with E-state index in [1.165, 1.54) is 0 Å². The minimum Gasteiger partial charge on any atom is -0.367 e. The van der Waals surface area contributed by atoms with Gasteiger partial charge in [-0.2, -0.15) is 0 Å². The summed E-state index contributed by atoms with van der Waals surface area (Å²) >= 11 is 2.19. The normalized spacial score (nSPS) is 9.50. The summed E-state index contributed by atoms with van der Waals surface area (Å²) in [5, 5.41) is 5.56. The van der Waals surface area contributed by atoms with Crippen LogP contribution < -0.4 is 16.4 Å². The molecule has 0 saturated carbocycles. The number of primary amides is 1. The van der Waals surface area contributed by atoms with Crippen LogP contribution in [-0.4, -0.2) is 24.1 Å². The molecule has 0 aliphatic carbocycles. The largest absolute Gasteiger partial charge is 0.367 e. The van der Waals surface area contributed by atoms with Gasteiger partial charge in [0.25, 0.3) is 0 Å². The zero-order valence-electron chi connectivity index (χ0n) is 7.46.